The smallest absolute Gasteiger partial charge is 0.407 e. The minimum atomic E-state index is -0.458. The van der Waals surface area contributed by atoms with Crippen molar-refractivity contribution in [3.63, 3.8) is 0 Å². The van der Waals surface area contributed by atoms with Crippen molar-refractivity contribution in [2.24, 2.45) is 0 Å². The average molecular weight is 265 g/mol. The van der Waals surface area contributed by atoms with Crippen molar-refractivity contribution in [2.45, 2.75) is 26.4 Å². The van der Waals surface area contributed by atoms with Crippen molar-refractivity contribution in [3.05, 3.63) is 35.9 Å². The molecule has 0 heterocycles. The molecule has 1 aromatic carbocycles. The lowest BCUT2D eigenvalue weighted by Gasteiger charge is -2.06. The van der Waals surface area contributed by atoms with Crippen molar-refractivity contribution in [1.82, 2.24) is 5.32 Å². The van der Waals surface area contributed by atoms with Crippen molar-refractivity contribution in [3.8, 4) is 0 Å². The van der Waals surface area contributed by atoms with Crippen LogP contribution in [0.25, 0.3) is 0 Å². The fraction of sp³-hybridized carbons (Fsp3) is 0.429. The molecular formula is C14H19NO4. The summed E-state index contributed by atoms with van der Waals surface area (Å²) in [5, 5.41) is 2.54. The van der Waals surface area contributed by atoms with Crippen LogP contribution >= 0.6 is 0 Å². The highest BCUT2D eigenvalue weighted by molar-refractivity contribution is 5.69. The third-order valence-corrected chi connectivity index (χ3v) is 2.35. The number of nitrogens with one attached hydrogen (secondary N) is 1. The second kappa shape index (κ2) is 8.97. The number of rotatable bonds is 7. The van der Waals surface area contributed by atoms with Crippen molar-refractivity contribution < 1.29 is 19.1 Å². The maximum Gasteiger partial charge on any atom is 0.407 e. The highest BCUT2D eigenvalue weighted by Gasteiger charge is 2.04. The first-order chi connectivity index (χ1) is 9.22. The molecule has 0 unspecified atom stereocenters. The molecule has 5 nitrogen and oxygen atoms in total. The Kier molecular flexibility index (Phi) is 7.09. The predicted octanol–water partition coefficient (Wildman–Crippen LogP) is 2.26. The molecule has 0 spiro atoms. The van der Waals surface area contributed by atoms with E-state index in [-0.39, 0.29) is 19.0 Å². The van der Waals surface area contributed by atoms with Gasteiger partial charge in [-0.3, -0.25) is 4.79 Å². The van der Waals surface area contributed by atoms with Gasteiger partial charge in [0.05, 0.1) is 6.61 Å². The molecule has 5 heteroatoms. The normalized spacial score (nSPS) is 9.74. The lowest BCUT2D eigenvalue weighted by molar-refractivity contribution is -0.145. The van der Waals surface area contributed by atoms with Gasteiger partial charge in [0.1, 0.15) is 6.61 Å². The van der Waals surface area contributed by atoms with E-state index >= 15 is 0 Å². The summed E-state index contributed by atoms with van der Waals surface area (Å²) in [5.74, 6) is -0.269. The Morgan fingerprint density at radius 1 is 1.16 bits per heavy atom. The molecule has 0 saturated carbocycles. The van der Waals surface area contributed by atoms with Gasteiger partial charge in [-0.1, -0.05) is 30.3 Å². The van der Waals surface area contributed by atoms with Crippen LogP contribution in [-0.2, 0) is 20.9 Å². The summed E-state index contributed by atoms with van der Waals surface area (Å²) in [7, 11) is 0. The zero-order valence-electron chi connectivity index (χ0n) is 11.1. The Bertz CT molecular complexity index is 392. The highest BCUT2D eigenvalue weighted by Crippen LogP contribution is 2.02. The van der Waals surface area contributed by atoms with Crippen LogP contribution in [0.4, 0.5) is 4.79 Å². The molecule has 0 saturated heterocycles. The molecule has 1 rings (SSSR count). The predicted molar refractivity (Wildman–Crippen MR) is 70.5 cm³/mol. The standard InChI is InChI=1S/C14H19NO4/c1-2-18-14(17)15-10-6-9-13(16)19-11-12-7-4-3-5-8-12/h3-5,7-8H,2,6,9-11H2,1H3,(H,15,17). The number of benzene rings is 1. The number of ether oxygens (including phenoxy) is 2. The molecule has 104 valence electrons. The molecule has 1 N–H and O–H groups in total. The number of hydrogen-bond acceptors (Lipinski definition) is 4. The van der Waals surface area contributed by atoms with Crippen LogP contribution in [0.5, 0.6) is 0 Å². The fourth-order valence-corrected chi connectivity index (χ4v) is 1.42. The maximum atomic E-state index is 11.4. The van der Waals surface area contributed by atoms with Crippen LogP contribution < -0.4 is 5.32 Å². The second-order valence-electron chi connectivity index (χ2n) is 3.90. The van der Waals surface area contributed by atoms with E-state index in [1.54, 1.807) is 6.92 Å². The second-order valence-corrected chi connectivity index (χ2v) is 3.90. The zero-order valence-corrected chi connectivity index (χ0v) is 11.1. The molecule has 0 fully saturated rings. The number of carbonyl (C=O) groups is 2. The molecule has 1 aromatic rings. The summed E-state index contributed by atoms with van der Waals surface area (Å²) < 4.78 is 9.79. The SMILES string of the molecule is CCOC(=O)NCCCC(=O)OCc1ccccc1. The Morgan fingerprint density at radius 3 is 2.58 bits per heavy atom. The van der Waals surface area contributed by atoms with E-state index in [9.17, 15) is 9.59 Å². The minimum Gasteiger partial charge on any atom is -0.461 e. The third kappa shape index (κ3) is 7.08. The van der Waals surface area contributed by atoms with Crippen molar-refractivity contribution in [1.29, 1.82) is 0 Å². The van der Waals surface area contributed by atoms with Crippen LogP contribution in [0.2, 0.25) is 0 Å². The molecule has 0 radical (unpaired) electrons. The van der Waals surface area contributed by atoms with Gasteiger partial charge in [-0.2, -0.15) is 0 Å². The van der Waals surface area contributed by atoms with Crippen molar-refractivity contribution >= 4 is 12.1 Å². The Balaban J connectivity index is 2.07. The van der Waals surface area contributed by atoms with Crippen LogP contribution in [0.1, 0.15) is 25.3 Å². The Hall–Kier alpha value is -2.04. The van der Waals surface area contributed by atoms with E-state index in [1.165, 1.54) is 0 Å². The topological polar surface area (TPSA) is 64.6 Å². The van der Waals surface area contributed by atoms with E-state index in [1.807, 2.05) is 30.3 Å². The van der Waals surface area contributed by atoms with Crippen LogP contribution in [-0.4, -0.2) is 25.2 Å². The minimum absolute atomic E-state index is 0.269. The molecule has 1 amide bonds. The maximum absolute atomic E-state index is 11.4. The number of esters is 1. The monoisotopic (exact) mass is 265 g/mol. The quantitative estimate of drug-likeness (QED) is 0.606. The number of hydrogen-bond donors (Lipinski definition) is 1. The summed E-state index contributed by atoms with van der Waals surface area (Å²) >= 11 is 0. The van der Waals surface area contributed by atoms with Gasteiger partial charge in [0.2, 0.25) is 0 Å². The molecule has 0 aliphatic rings. The summed E-state index contributed by atoms with van der Waals surface area (Å²) in [6, 6.07) is 9.50. The van der Waals surface area contributed by atoms with Crippen LogP contribution in [0, 0.1) is 0 Å². The van der Waals surface area contributed by atoms with Gasteiger partial charge in [-0.25, -0.2) is 4.79 Å². The molecule has 0 atom stereocenters. The third-order valence-electron chi connectivity index (χ3n) is 2.35. The van der Waals surface area contributed by atoms with E-state index in [0.29, 0.717) is 19.6 Å². The van der Waals surface area contributed by atoms with E-state index in [2.05, 4.69) is 10.1 Å². The first-order valence-electron chi connectivity index (χ1n) is 6.32. The largest absolute Gasteiger partial charge is 0.461 e. The van der Waals surface area contributed by atoms with Crippen LogP contribution in [0.15, 0.2) is 30.3 Å². The van der Waals surface area contributed by atoms with Gasteiger partial charge < -0.3 is 14.8 Å². The van der Waals surface area contributed by atoms with Gasteiger partial charge in [-0.15, -0.1) is 0 Å². The molecular weight excluding hydrogens is 246 g/mol. The van der Waals surface area contributed by atoms with E-state index in [0.717, 1.165) is 5.56 Å². The van der Waals surface area contributed by atoms with Gasteiger partial charge in [0.25, 0.3) is 0 Å². The lowest BCUT2D eigenvalue weighted by Crippen LogP contribution is -2.25. The zero-order chi connectivity index (χ0) is 13.9. The number of amides is 1. The molecule has 0 aromatic heterocycles. The Morgan fingerprint density at radius 2 is 1.89 bits per heavy atom. The molecule has 0 aliphatic carbocycles. The summed E-state index contributed by atoms with van der Waals surface area (Å²) in [6.07, 6.45) is 0.353. The molecule has 19 heavy (non-hydrogen) atoms. The Labute approximate surface area is 112 Å². The first-order valence-corrected chi connectivity index (χ1v) is 6.32. The van der Waals surface area contributed by atoms with Gasteiger partial charge in [0, 0.05) is 13.0 Å². The molecule has 0 aliphatic heterocycles. The highest BCUT2D eigenvalue weighted by atomic mass is 16.5. The van der Waals surface area contributed by atoms with Gasteiger partial charge in [-0.05, 0) is 18.9 Å². The number of alkyl carbamates (subject to hydrolysis) is 1. The lowest BCUT2D eigenvalue weighted by atomic mass is 10.2. The number of carbonyl (C=O) groups excluding carboxylic acids is 2. The van der Waals surface area contributed by atoms with Crippen molar-refractivity contribution in [2.75, 3.05) is 13.2 Å². The van der Waals surface area contributed by atoms with Gasteiger partial charge in [0.15, 0.2) is 0 Å². The fourth-order valence-electron chi connectivity index (χ4n) is 1.42. The van der Waals surface area contributed by atoms with Gasteiger partial charge >= 0.3 is 12.1 Å². The van der Waals surface area contributed by atoms with E-state index < -0.39 is 6.09 Å². The van der Waals surface area contributed by atoms with Crippen LogP contribution in [0.3, 0.4) is 0 Å². The summed E-state index contributed by atoms with van der Waals surface area (Å²) in [5.41, 5.74) is 0.959. The average Bonchev–Trinajstić information content (AvgIpc) is 2.43. The molecule has 0 bridgehead atoms. The summed E-state index contributed by atoms with van der Waals surface area (Å²) in [6.45, 7) is 2.76. The summed E-state index contributed by atoms with van der Waals surface area (Å²) in [4.78, 5) is 22.4. The van der Waals surface area contributed by atoms with E-state index in [4.69, 9.17) is 4.74 Å². The first kappa shape index (κ1) is 15.0.